The molecule has 1 saturated heterocycles. The van der Waals surface area contributed by atoms with Gasteiger partial charge in [-0.05, 0) is 39.3 Å². The molecule has 1 aliphatic heterocycles. The molecule has 0 spiro atoms. The van der Waals surface area contributed by atoms with Crippen LogP contribution in [-0.4, -0.2) is 57.2 Å². The van der Waals surface area contributed by atoms with Crippen molar-refractivity contribution in [3.05, 3.63) is 24.3 Å². The van der Waals surface area contributed by atoms with Crippen molar-refractivity contribution in [1.29, 1.82) is 0 Å². The Morgan fingerprint density at radius 2 is 2.15 bits per heavy atom. The number of anilines is 1. The maximum atomic E-state index is 11.8. The van der Waals surface area contributed by atoms with E-state index in [2.05, 4.69) is 31.9 Å². The molecule has 0 aliphatic carbocycles. The second-order valence-electron chi connectivity index (χ2n) is 6.98. The topological polar surface area (TPSA) is 78.0 Å². The van der Waals surface area contributed by atoms with Crippen LogP contribution >= 0.6 is 0 Å². The van der Waals surface area contributed by atoms with Crippen LogP contribution in [0.5, 0.6) is 5.75 Å². The quantitative estimate of drug-likeness (QED) is 0.477. The van der Waals surface area contributed by atoms with Crippen LogP contribution in [0.15, 0.2) is 29.3 Å². The van der Waals surface area contributed by atoms with Gasteiger partial charge in [-0.2, -0.15) is 0 Å². The summed E-state index contributed by atoms with van der Waals surface area (Å²) in [5, 5.41) is 9.65. The highest BCUT2D eigenvalue weighted by atomic mass is 16.5. The molecular formula is C20H33N5O2. The van der Waals surface area contributed by atoms with Gasteiger partial charge >= 0.3 is 0 Å². The first-order valence-corrected chi connectivity index (χ1v) is 9.75. The highest BCUT2D eigenvalue weighted by molar-refractivity contribution is 5.81. The summed E-state index contributed by atoms with van der Waals surface area (Å²) in [6, 6.07) is 8.56. The molecule has 0 radical (unpaired) electrons. The van der Waals surface area contributed by atoms with Crippen molar-refractivity contribution < 1.29 is 9.53 Å². The molecule has 1 fully saturated rings. The van der Waals surface area contributed by atoms with Crippen molar-refractivity contribution in [2.24, 2.45) is 4.99 Å². The fourth-order valence-corrected chi connectivity index (χ4v) is 3.16. The third-order valence-corrected chi connectivity index (χ3v) is 4.36. The normalized spacial score (nSPS) is 17.1. The molecule has 1 amide bonds. The molecule has 1 heterocycles. The molecule has 150 valence electrons. The predicted molar refractivity (Wildman–Crippen MR) is 111 cm³/mol. The fraction of sp³-hybridized carbons (Fsp3) is 0.600. The molecule has 1 aromatic carbocycles. The van der Waals surface area contributed by atoms with Gasteiger partial charge in [0.15, 0.2) is 5.96 Å². The number of amides is 1. The Labute approximate surface area is 162 Å². The predicted octanol–water partition coefficient (Wildman–Crippen LogP) is 1.74. The lowest BCUT2D eigenvalue weighted by atomic mass is 10.2. The lowest BCUT2D eigenvalue weighted by Gasteiger charge is -2.22. The van der Waals surface area contributed by atoms with Crippen LogP contribution in [0.1, 0.15) is 33.6 Å². The van der Waals surface area contributed by atoms with E-state index in [1.165, 1.54) is 0 Å². The van der Waals surface area contributed by atoms with E-state index in [1.807, 2.05) is 39.0 Å². The molecule has 2 rings (SSSR count). The van der Waals surface area contributed by atoms with E-state index < -0.39 is 0 Å². The number of guanidine groups is 1. The zero-order chi connectivity index (χ0) is 19.6. The van der Waals surface area contributed by atoms with Crippen LogP contribution < -0.4 is 25.6 Å². The highest BCUT2D eigenvalue weighted by Crippen LogP contribution is 2.30. The number of rotatable bonds is 8. The minimum Gasteiger partial charge on any atom is -0.495 e. The van der Waals surface area contributed by atoms with E-state index in [1.54, 1.807) is 7.11 Å². The van der Waals surface area contributed by atoms with Gasteiger partial charge in [-0.1, -0.05) is 12.1 Å². The Hall–Kier alpha value is -2.44. The Morgan fingerprint density at radius 3 is 2.85 bits per heavy atom. The number of aliphatic imine (C=N–C) groups is 1. The SMILES string of the molecule is CCNC(=NCCC(=O)NC(C)C)NC1CCN(c2ccccc2OC)C1. The van der Waals surface area contributed by atoms with Crippen LogP contribution in [0.25, 0.3) is 0 Å². The van der Waals surface area contributed by atoms with Crippen LogP contribution in [-0.2, 0) is 4.79 Å². The number of benzene rings is 1. The third kappa shape index (κ3) is 6.66. The summed E-state index contributed by atoms with van der Waals surface area (Å²) in [4.78, 5) is 18.6. The number of carbonyl (C=O) groups excluding carboxylic acids is 1. The first kappa shape index (κ1) is 20.9. The standard InChI is InChI=1S/C20H33N5O2/c1-5-21-20(22-12-10-19(26)23-15(2)3)24-16-11-13-25(14-16)17-8-6-7-9-18(17)27-4/h6-9,15-16H,5,10-14H2,1-4H3,(H,23,26)(H2,21,22,24). The minimum atomic E-state index is 0.0350. The highest BCUT2D eigenvalue weighted by Gasteiger charge is 2.25. The zero-order valence-corrected chi connectivity index (χ0v) is 16.9. The van der Waals surface area contributed by atoms with E-state index in [4.69, 9.17) is 4.74 Å². The molecule has 1 atom stereocenters. The summed E-state index contributed by atoms with van der Waals surface area (Å²) >= 11 is 0. The van der Waals surface area contributed by atoms with Gasteiger partial charge in [-0.15, -0.1) is 0 Å². The van der Waals surface area contributed by atoms with Crippen molar-refractivity contribution >= 4 is 17.6 Å². The fourth-order valence-electron chi connectivity index (χ4n) is 3.16. The lowest BCUT2D eigenvalue weighted by molar-refractivity contribution is -0.121. The van der Waals surface area contributed by atoms with E-state index in [9.17, 15) is 4.79 Å². The molecule has 0 bridgehead atoms. The molecule has 1 aliphatic rings. The van der Waals surface area contributed by atoms with Crippen molar-refractivity contribution in [1.82, 2.24) is 16.0 Å². The smallest absolute Gasteiger partial charge is 0.222 e. The maximum Gasteiger partial charge on any atom is 0.222 e. The van der Waals surface area contributed by atoms with Gasteiger partial charge in [-0.25, -0.2) is 0 Å². The van der Waals surface area contributed by atoms with Gasteiger partial charge in [0.25, 0.3) is 0 Å². The average molecular weight is 376 g/mol. The summed E-state index contributed by atoms with van der Waals surface area (Å²) in [6.07, 6.45) is 1.42. The molecule has 1 aromatic rings. The van der Waals surface area contributed by atoms with Crippen molar-refractivity contribution in [2.45, 2.75) is 45.7 Å². The van der Waals surface area contributed by atoms with E-state index >= 15 is 0 Å². The molecular weight excluding hydrogens is 342 g/mol. The average Bonchev–Trinajstić information content (AvgIpc) is 3.09. The van der Waals surface area contributed by atoms with Crippen LogP contribution in [0.3, 0.4) is 0 Å². The van der Waals surface area contributed by atoms with E-state index in [-0.39, 0.29) is 11.9 Å². The largest absolute Gasteiger partial charge is 0.495 e. The number of nitrogens with zero attached hydrogens (tertiary/aromatic N) is 2. The van der Waals surface area contributed by atoms with Gasteiger partial charge in [0.1, 0.15) is 5.75 Å². The summed E-state index contributed by atoms with van der Waals surface area (Å²) in [6.45, 7) is 9.07. The van der Waals surface area contributed by atoms with Gasteiger partial charge in [0, 0.05) is 38.1 Å². The summed E-state index contributed by atoms with van der Waals surface area (Å²) in [5.41, 5.74) is 1.12. The van der Waals surface area contributed by atoms with E-state index in [0.29, 0.717) is 19.0 Å². The van der Waals surface area contributed by atoms with Crippen molar-refractivity contribution in [3.8, 4) is 5.75 Å². The van der Waals surface area contributed by atoms with Crippen molar-refractivity contribution in [3.63, 3.8) is 0 Å². The molecule has 3 N–H and O–H groups in total. The van der Waals surface area contributed by atoms with Gasteiger partial charge < -0.3 is 25.6 Å². The molecule has 27 heavy (non-hydrogen) atoms. The number of hydrogen-bond donors (Lipinski definition) is 3. The molecule has 7 heteroatoms. The number of methoxy groups -OCH3 is 1. The molecule has 1 unspecified atom stereocenters. The first-order chi connectivity index (χ1) is 13.0. The first-order valence-electron chi connectivity index (χ1n) is 9.75. The second-order valence-corrected chi connectivity index (χ2v) is 6.98. The number of para-hydroxylation sites is 2. The third-order valence-electron chi connectivity index (χ3n) is 4.36. The van der Waals surface area contributed by atoms with Gasteiger partial charge in [-0.3, -0.25) is 9.79 Å². The van der Waals surface area contributed by atoms with Crippen LogP contribution in [0.4, 0.5) is 5.69 Å². The maximum absolute atomic E-state index is 11.8. The summed E-state index contributed by atoms with van der Waals surface area (Å²) in [7, 11) is 1.70. The minimum absolute atomic E-state index is 0.0350. The van der Waals surface area contributed by atoms with Gasteiger partial charge in [0.05, 0.1) is 19.3 Å². The second kappa shape index (κ2) is 10.6. The van der Waals surface area contributed by atoms with E-state index in [0.717, 1.165) is 43.5 Å². The Balaban J connectivity index is 1.89. The van der Waals surface area contributed by atoms with Gasteiger partial charge in [0.2, 0.25) is 5.91 Å². The Kier molecular flexibility index (Phi) is 8.23. The number of ether oxygens (including phenoxy) is 1. The molecule has 0 saturated carbocycles. The van der Waals surface area contributed by atoms with Crippen molar-refractivity contribution in [2.75, 3.05) is 38.2 Å². The molecule has 7 nitrogen and oxygen atoms in total. The van der Waals surface area contributed by atoms with Crippen LogP contribution in [0, 0.1) is 0 Å². The van der Waals surface area contributed by atoms with Crippen LogP contribution in [0.2, 0.25) is 0 Å². The summed E-state index contributed by atoms with van der Waals surface area (Å²) in [5.74, 6) is 1.70. The Bertz CT molecular complexity index is 633. The molecule has 0 aromatic heterocycles. The lowest BCUT2D eigenvalue weighted by Crippen LogP contribution is -2.44. The number of nitrogens with one attached hydrogen (secondary N) is 3. The monoisotopic (exact) mass is 375 g/mol. The number of carbonyl (C=O) groups is 1. The summed E-state index contributed by atoms with van der Waals surface area (Å²) < 4.78 is 5.48. The zero-order valence-electron chi connectivity index (χ0n) is 16.9. The Morgan fingerprint density at radius 1 is 1.37 bits per heavy atom. The number of hydrogen-bond acceptors (Lipinski definition) is 4.